The molecule has 0 saturated carbocycles. The average molecular weight is 209 g/mol. The fraction of sp³-hybridized carbons (Fsp3) is 0.500. The predicted octanol–water partition coefficient (Wildman–Crippen LogP) is 3.22. The summed E-state index contributed by atoms with van der Waals surface area (Å²) in [6.07, 6.45) is 2.55. The largest absolute Gasteiger partial charge is 0.329 e. The zero-order chi connectivity index (χ0) is 10.2. The molecule has 0 aliphatic rings. The van der Waals surface area contributed by atoms with E-state index in [0.29, 0.717) is 5.25 Å². The normalized spacial score (nSPS) is 12.7. The number of thioether (sulfide) groups is 1. The Labute approximate surface area is 91.1 Å². The van der Waals surface area contributed by atoms with Gasteiger partial charge in [0, 0.05) is 11.8 Å². The zero-order valence-electron chi connectivity index (χ0n) is 8.78. The highest BCUT2D eigenvalue weighted by Crippen LogP contribution is 2.27. The minimum absolute atomic E-state index is 0.475. The molecule has 1 unspecified atom stereocenters. The first-order chi connectivity index (χ1) is 6.88. The van der Waals surface area contributed by atoms with Crippen LogP contribution in [0.4, 0.5) is 0 Å². The Hall–Kier alpha value is -0.470. The lowest BCUT2D eigenvalue weighted by Gasteiger charge is -2.14. The van der Waals surface area contributed by atoms with Crippen LogP contribution in [0.1, 0.15) is 30.6 Å². The zero-order valence-corrected chi connectivity index (χ0v) is 9.59. The summed E-state index contributed by atoms with van der Waals surface area (Å²) in [7, 11) is 0. The van der Waals surface area contributed by atoms with Crippen molar-refractivity contribution in [3.63, 3.8) is 0 Å². The van der Waals surface area contributed by atoms with Crippen molar-refractivity contribution in [2.45, 2.75) is 25.0 Å². The lowest BCUT2D eigenvalue weighted by atomic mass is 10.1. The minimum atomic E-state index is 0.475. The summed E-state index contributed by atoms with van der Waals surface area (Å²) < 4.78 is 0. The van der Waals surface area contributed by atoms with Gasteiger partial charge in [0.1, 0.15) is 0 Å². The van der Waals surface area contributed by atoms with Crippen molar-refractivity contribution in [2.24, 2.45) is 5.73 Å². The SMILES string of the molecule is CCCCSC(CN)c1ccccc1. The van der Waals surface area contributed by atoms with Crippen LogP contribution in [0.3, 0.4) is 0 Å². The molecule has 1 aromatic rings. The Balaban J connectivity index is 2.46. The van der Waals surface area contributed by atoms with Gasteiger partial charge in [-0.15, -0.1) is 0 Å². The first kappa shape index (κ1) is 11.6. The first-order valence-electron chi connectivity index (χ1n) is 5.25. The van der Waals surface area contributed by atoms with E-state index in [0.717, 1.165) is 6.54 Å². The molecule has 1 rings (SSSR count). The topological polar surface area (TPSA) is 26.0 Å². The van der Waals surface area contributed by atoms with Crippen LogP contribution in [0.2, 0.25) is 0 Å². The van der Waals surface area contributed by atoms with Crippen LogP contribution in [-0.2, 0) is 0 Å². The number of benzene rings is 1. The molecule has 0 radical (unpaired) electrons. The molecule has 0 heterocycles. The fourth-order valence-electron chi connectivity index (χ4n) is 1.34. The van der Waals surface area contributed by atoms with Gasteiger partial charge in [0.25, 0.3) is 0 Å². The van der Waals surface area contributed by atoms with E-state index < -0.39 is 0 Å². The van der Waals surface area contributed by atoms with Crippen LogP contribution in [-0.4, -0.2) is 12.3 Å². The summed E-state index contributed by atoms with van der Waals surface area (Å²) in [5.74, 6) is 1.22. The van der Waals surface area contributed by atoms with Gasteiger partial charge in [-0.2, -0.15) is 11.8 Å². The quantitative estimate of drug-likeness (QED) is 0.728. The molecule has 2 heteroatoms. The Morgan fingerprint density at radius 3 is 2.57 bits per heavy atom. The Kier molecular flexibility index (Phi) is 5.72. The second kappa shape index (κ2) is 6.91. The monoisotopic (exact) mass is 209 g/mol. The molecule has 0 saturated heterocycles. The molecule has 2 N–H and O–H groups in total. The molecule has 0 aromatic heterocycles. The minimum Gasteiger partial charge on any atom is -0.329 e. The lowest BCUT2D eigenvalue weighted by Crippen LogP contribution is -2.09. The molecule has 0 amide bonds. The first-order valence-corrected chi connectivity index (χ1v) is 6.30. The van der Waals surface area contributed by atoms with E-state index in [1.165, 1.54) is 24.2 Å². The van der Waals surface area contributed by atoms with Crippen LogP contribution in [0.25, 0.3) is 0 Å². The van der Waals surface area contributed by atoms with Gasteiger partial charge >= 0.3 is 0 Å². The highest BCUT2D eigenvalue weighted by molar-refractivity contribution is 7.99. The number of unbranched alkanes of at least 4 members (excludes halogenated alkanes) is 1. The standard InChI is InChI=1S/C12H19NS/c1-2-3-9-14-12(10-13)11-7-5-4-6-8-11/h4-8,12H,2-3,9-10,13H2,1H3. The van der Waals surface area contributed by atoms with Gasteiger partial charge in [0.15, 0.2) is 0 Å². The Morgan fingerprint density at radius 1 is 1.29 bits per heavy atom. The van der Waals surface area contributed by atoms with Crippen molar-refractivity contribution in [1.82, 2.24) is 0 Å². The van der Waals surface area contributed by atoms with Crippen LogP contribution in [0.15, 0.2) is 30.3 Å². The second-order valence-corrected chi connectivity index (χ2v) is 4.67. The number of hydrogen-bond acceptors (Lipinski definition) is 2. The van der Waals surface area contributed by atoms with E-state index >= 15 is 0 Å². The van der Waals surface area contributed by atoms with Gasteiger partial charge in [-0.3, -0.25) is 0 Å². The van der Waals surface area contributed by atoms with Gasteiger partial charge < -0.3 is 5.73 Å². The fourth-order valence-corrected chi connectivity index (χ4v) is 2.56. The molecule has 1 atom stereocenters. The summed E-state index contributed by atoms with van der Waals surface area (Å²) in [5, 5.41) is 0.475. The molecule has 1 aromatic carbocycles. The maximum atomic E-state index is 5.77. The van der Waals surface area contributed by atoms with E-state index in [2.05, 4.69) is 31.2 Å². The van der Waals surface area contributed by atoms with Crippen molar-refractivity contribution in [1.29, 1.82) is 0 Å². The van der Waals surface area contributed by atoms with Gasteiger partial charge in [0.2, 0.25) is 0 Å². The second-order valence-electron chi connectivity index (χ2n) is 3.36. The third-order valence-corrected chi connectivity index (χ3v) is 3.59. The molecule has 0 aliphatic heterocycles. The van der Waals surface area contributed by atoms with E-state index in [1.807, 2.05) is 17.8 Å². The molecule has 0 aliphatic carbocycles. The third kappa shape index (κ3) is 3.72. The van der Waals surface area contributed by atoms with Crippen molar-refractivity contribution < 1.29 is 0 Å². The molecular formula is C12H19NS. The maximum Gasteiger partial charge on any atom is 0.0419 e. The van der Waals surface area contributed by atoms with Gasteiger partial charge in [-0.25, -0.2) is 0 Å². The van der Waals surface area contributed by atoms with E-state index in [1.54, 1.807) is 0 Å². The average Bonchev–Trinajstić information content (AvgIpc) is 2.26. The number of nitrogens with two attached hydrogens (primary N) is 1. The number of hydrogen-bond donors (Lipinski definition) is 1. The molecule has 0 bridgehead atoms. The Bertz CT molecular complexity index is 235. The smallest absolute Gasteiger partial charge is 0.0419 e. The third-order valence-electron chi connectivity index (χ3n) is 2.20. The molecule has 14 heavy (non-hydrogen) atoms. The molecule has 78 valence electrons. The maximum absolute atomic E-state index is 5.77. The Morgan fingerprint density at radius 2 is 2.00 bits per heavy atom. The summed E-state index contributed by atoms with van der Waals surface area (Å²) in [6, 6.07) is 10.5. The summed E-state index contributed by atoms with van der Waals surface area (Å²) in [6.45, 7) is 2.96. The van der Waals surface area contributed by atoms with Crippen molar-refractivity contribution in [2.75, 3.05) is 12.3 Å². The highest BCUT2D eigenvalue weighted by Gasteiger charge is 2.08. The van der Waals surface area contributed by atoms with E-state index in [-0.39, 0.29) is 0 Å². The van der Waals surface area contributed by atoms with Crippen LogP contribution >= 0.6 is 11.8 Å². The van der Waals surface area contributed by atoms with Crippen molar-refractivity contribution in [3.05, 3.63) is 35.9 Å². The van der Waals surface area contributed by atoms with E-state index in [4.69, 9.17) is 5.73 Å². The van der Waals surface area contributed by atoms with Crippen LogP contribution in [0.5, 0.6) is 0 Å². The molecule has 1 nitrogen and oxygen atoms in total. The molecule has 0 fully saturated rings. The lowest BCUT2D eigenvalue weighted by molar-refractivity contribution is 0.882. The van der Waals surface area contributed by atoms with E-state index in [9.17, 15) is 0 Å². The summed E-state index contributed by atoms with van der Waals surface area (Å²) >= 11 is 1.97. The predicted molar refractivity (Wildman–Crippen MR) is 65.6 cm³/mol. The highest BCUT2D eigenvalue weighted by atomic mass is 32.2. The van der Waals surface area contributed by atoms with Gasteiger partial charge in [-0.1, -0.05) is 43.7 Å². The van der Waals surface area contributed by atoms with Crippen molar-refractivity contribution >= 4 is 11.8 Å². The van der Waals surface area contributed by atoms with Crippen LogP contribution in [0, 0.1) is 0 Å². The van der Waals surface area contributed by atoms with Gasteiger partial charge in [0.05, 0.1) is 0 Å². The molecule has 0 spiro atoms. The van der Waals surface area contributed by atoms with Crippen LogP contribution < -0.4 is 5.73 Å². The van der Waals surface area contributed by atoms with Crippen molar-refractivity contribution in [3.8, 4) is 0 Å². The summed E-state index contributed by atoms with van der Waals surface area (Å²) in [5.41, 5.74) is 7.12. The molecular weight excluding hydrogens is 190 g/mol. The summed E-state index contributed by atoms with van der Waals surface area (Å²) in [4.78, 5) is 0. The van der Waals surface area contributed by atoms with Gasteiger partial charge in [-0.05, 0) is 17.7 Å². The number of rotatable bonds is 6.